The van der Waals surface area contributed by atoms with E-state index in [0.717, 1.165) is 39.0 Å². The Bertz CT molecular complexity index is 220. The number of amides is 1. The molecule has 1 heterocycles. The van der Waals surface area contributed by atoms with Gasteiger partial charge in [-0.05, 0) is 26.4 Å². The third-order valence-electron chi connectivity index (χ3n) is 3.30. The summed E-state index contributed by atoms with van der Waals surface area (Å²) in [5.74, 6) is 0.250. The first-order valence-corrected chi connectivity index (χ1v) is 6.37. The minimum absolute atomic E-state index is 0.250. The van der Waals surface area contributed by atoms with Crippen LogP contribution >= 0.6 is 0 Å². The molecule has 94 valence electrons. The van der Waals surface area contributed by atoms with E-state index < -0.39 is 0 Å². The number of likely N-dealkylation sites (N-methyl/N-ethyl adjacent to an activating group) is 1. The van der Waals surface area contributed by atoms with Crippen LogP contribution in [0.25, 0.3) is 0 Å². The van der Waals surface area contributed by atoms with Crippen LogP contribution in [0.5, 0.6) is 0 Å². The summed E-state index contributed by atoms with van der Waals surface area (Å²) in [5.41, 5.74) is 0. The molecule has 4 heteroatoms. The zero-order valence-corrected chi connectivity index (χ0v) is 10.8. The summed E-state index contributed by atoms with van der Waals surface area (Å²) in [4.78, 5) is 16.2. The second-order valence-corrected chi connectivity index (χ2v) is 4.56. The Labute approximate surface area is 99.0 Å². The van der Waals surface area contributed by atoms with Crippen molar-refractivity contribution in [1.82, 2.24) is 15.1 Å². The molecule has 1 unspecified atom stereocenters. The van der Waals surface area contributed by atoms with Gasteiger partial charge in [-0.25, -0.2) is 0 Å². The van der Waals surface area contributed by atoms with Gasteiger partial charge in [0.1, 0.15) is 0 Å². The Hall–Kier alpha value is -0.610. The number of carbonyl (C=O) groups is 1. The zero-order chi connectivity index (χ0) is 12.0. The fourth-order valence-corrected chi connectivity index (χ4v) is 2.10. The molecule has 1 amide bonds. The standard InChI is InChI=1S/C12H25N3O/c1-4-6-13-9-12(16)15-8-7-14(3)11(5-2)10-15/h11,13H,4-10H2,1-3H3. The molecule has 0 aromatic heterocycles. The van der Waals surface area contributed by atoms with E-state index in [4.69, 9.17) is 0 Å². The molecule has 0 radical (unpaired) electrons. The van der Waals surface area contributed by atoms with Gasteiger partial charge in [0.25, 0.3) is 0 Å². The highest BCUT2D eigenvalue weighted by atomic mass is 16.2. The van der Waals surface area contributed by atoms with Crippen LogP contribution in [0.4, 0.5) is 0 Å². The van der Waals surface area contributed by atoms with E-state index in [1.54, 1.807) is 0 Å². The molecule has 1 atom stereocenters. The minimum atomic E-state index is 0.250. The summed E-state index contributed by atoms with van der Waals surface area (Å²) in [7, 11) is 2.14. The van der Waals surface area contributed by atoms with Crippen molar-refractivity contribution in [1.29, 1.82) is 0 Å². The predicted octanol–water partition coefficient (Wildman–Crippen LogP) is 0.539. The molecule has 0 bridgehead atoms. The molecule has 0 aromatic rings. The van der Waals surface area contributed by atoms with Gasteiger partial charge < -0.3 is 10.2 Å². The van der Waals surface area contributed by atoms with Gasteiger partial charge in [-0.3, -0.25) is 9.69 Å². The fourth-order valence-electron chi connectivity index (χ4n) is 2.10. The van der Waals surface area contributed by atoms with Crippen LogP contribution in [-0.4, -0.2) is 61.5 Å². The van der Waals surface area contributed by atoms with E-state index in [9.17, 15) is 4.79 Å². The Morgan fingerprint density at radius 2 is 2.12 bits per heavy atom. The first-order chi connectivity index (χ1) is 7.69. The highest BCUT2D eigenvalue weighted by molar-refractivity contribution is 5.78. The predicted molar refractivity (Wildman–Crippen MR) is 66.4 cm³/mol. The topological polar surface area (TPSA) is 35.6 Å². The quantitative estimate of drug-likeness (QED) is 0.696. The maximum Gasteiger partial charge on any atom is 0.236 e. The molecule has 0 aromatic carbocycles. The van der Waals surface area contributed by atoms with Crippen molar-refractivity contribution < 1.29 is 4.79 Å². The summed E-state index contributed by atoms with van der Waals surface area (Å²) in [6, 6.07) is 0.531. The van der Waals surface area contributed by atoms with Crippen molar-refractivity contribution in [3.05, 3.63) is 0 Å². The number of rotatable bonds is 5. The summed E-state index contributed by atoms with van der Waals surface area (Å²) >= 11 is 0. The number of hydrogen-bond acceptors (Lipinski definition) is 3. The van der Waals surface area contributed by atoms with E-state index in [0.29, 0.717) is 12.6 Å². The van der Waals surface area contributed by atoms with Crippen molar-refractivity contribution in [3.63, 3.8) is 0 Å². The third-order valence-corrected chi connectivity index (χ3v) is 3.30. The number of carbonyl (C=O) groups excluding carboxylic acids is 1. The molecule has 1 aliphatic heterocycles. The number of piperazine rings is 1. The molecular weight excluding hydrogens is 202 g/mol. The van der Waals surface area contributed by atoms with Crippen LogP contribution in [-0.2, 0) is 4.79 Å². The second-order valence-electron chi connectivity index (χ2n) is 4.56. The van der Waals surface area contributed by atoms with Gasteiger partial charge in [-0.1, -0.05) is 13.8 Å². The summed E-state index contributed by atoms with van der Waals surface area (Å²) in [6.45, 7) is 8.48. The molecule has 1 aliphatic rings. The van der Waals surface area contributed by atoms with Crippen molar-refractivity contribution in [2.24, 2.45) is 0 Å². The summed E-state index contributed by atoms with van der Waals surface area (Å²) < 4.78 is 0. The van der Waals surface area contributed by atoms with Gasteiger partial charge in [-0.2, -0.15) is 0 Å². The van der Waals surface area contributed by atoms with E-state index in [1.807, 2.05) is 4.90 Å². The van der Waals surface area contributed by atoms with E-state index in [-0.39, 0.29) is 5.91 Å². The van der Waals surface area contributed by atoms with Crippen LogP contribution in [0.2, 0.25) is 0 Å². The Kier molecular flexibility index (Phi) is 5.77. The number of hydrogen-bond donors (Lipinski definition) is 1. The summed E-state index contributed by atoms with van der Waals surface area (Å²) in [6.07, 6.45) is 2.19. The normalized spacial score (nSPS) is 22.4. The maximum absolute atomic E-state index is 11.9. The van der Waals surface area contributed by atoms with Crippen LogP contribution in [0.3, 0.4) is 0 Å². The minimum Gasteiger partial charge on any atom is -0.339 e. The van der Waals surface area contributed by atoms with Crippen molar-refractivity contribution in [2.45, 2.75) is 32.7 Å². The number of nitrogens with zero attached hydrogens (tertiary/aromatic N) is 2. The molecule has 16 heavy (non-hydrogen) atoms. The van der Waals surface area contributed by atoms with Gasteiger partial charge in [0.05, 0.1) is 6.54 Å². The molecule has 1 saturated heterocycles. The van der Waals surface area contributed by atoms with Crippen molar-refractivity contribution >= 4 is 5.91 Å². The second kappa shape index (κ2) is 6.86. The van der Waals surface area contributed by atoms with E-state index in [1.165, 1.54) is 0 Å². The third kappa shape index (κ3) is 3.76. The smallest absolute Gasteiger partial charge is 0.236 e. The van der Waals surface area contributed by atoms with Crippen LogP contribution in [0.15, 0.2) is 0 Å². The lowest BCUT2D eigenvalue weighted by Crippen LogP contribution is -2.54. The molecule has 1 rings (SSSR count). The lowest BCUT2D eigenvalue weighted by Gasteiger charge is -2.39. The molecule has 4 nitrogen and oxygen atoms in total. The first kappa shape index (κ1) is 13.5. The SMILES string of the molecule is CCCNCC(=O)N1CCN(C)C(CC)C1. The first-order valence-electron chi connectivity index (χ1n) is 6.37. The lowest BCUT2D eigenvalue weighted by molar-refractivity contribution is -0.133. The van der Waals surface area contributed by atoms with E-state index in [2.05, 4.69) is 31.1 Å². The maximum atomic E-state index is 11.9. The Morgan fingerprint density at radius 1 is 1.38 bits per heavy atom. The molecule has 0 spiro atoms. The zero-order valence-electron chi connectivity index (χ0n) is 10.8. The largest absolute Gasteiger partial charge is 0.339 e. The monoisotopic (exact) mass is 227 g/mol. The molecule has 1 fully saturated rings. The highest BCUT2D eigenvalue weighted by Crippen LogP contribution is 2.10. The molecular formula is C12H25N3O. The molecule has 1 N–H and O–H groups in total. The van der Waals surface area contributed by atoms with Crippen LogP contribution in [0, 0.1) is 0 Å². The van der Waals surface area contributed by atoms with Gasteiger partial charge >= 0.3 is 0 Å². The molecule has 0 aliphatic carbocycles. The van der Waals surface area contributed by atoms with Gasteiger partial charge in [0.15, 0.2) is 0 Å². The Balaban J connectivity index is 2.33. The molecule has 0 saturated carbocycles. The van der Waals surface area contributed by atoms with Gasteiger partial charge in [0.2, 0.25) is 5.91 Å². The van der Waals surface area contributed by atoms with Crippen LogP contribution < -0.4 is 5.32 Å². The fraction of sp³-hybridized carbons (Fsp3) is 0.917. The van der Waals surface area contributed by atoms with Gasteiger partial charge in [-0.15, -0.1) is 0 Å². The lowest BCUT2D eigenvalue weighted by atomic mass is 10.1. The summed E-state index contributed by atoms with van der Waals surface area (Å²) in [5, 5.41) is 3.17. The van der Waals surface area contributed by atoms with Crippen molar-refractivity contribution in [2.75, 3.05) is 39.8 Å². The van der Waals surface area contributed by atoms with Gasteiger partial charge in [0, 0.05) is 25.7 Å². The average molecular weight is 227 g/mol. The van der Waals surface area contributed by atoms with E-state index >= 15 is 0 Å². The average Bonchev–Trinajstić information content (AvgIpc) is 2.30. The van der Waals surface area contributed by atoms with Crippen LogP contribution in [0.1, 0.15) is 26.7 Å². The van der Waals surface area contributed by atoms with Crippen molar-refractivity contribution in [3.8, 4) is 0 Å². The highest BCUT2D eigenvalue weighted by Gasteiger charge is 2.25. The Morgan fingerprint density at radius 3 is 2.75 bits per heavy atom. The number of nitrogens with one attached hydrogen (secondary N) is 1.